The van der Waals surface area contributed by atoms with Gasteiger partial charge in [0.15, 0.2) is 16.6 Å². The summed E-state index contributed by atoms with van der Waals surface area (Å²) >= 11 is 1.81. The number of β-lactam (4-membered cyclic amide) rings is 1. The number of carboxylic acids is 1. The Hall–Kier alpha value is -4.06. The molecule has 1 aromatic heterocycles. The molecule has 1 fully saturated rings. The van der Waals surface area contributed by atoms with E-state index in [9.17, 15) is 33.9 Å². The van der Waals surface area contributed by atoms with Crippen molar-refractivity contribution in [1.82, 2.24) is 19.6 Å². The molecule has 2 amide bonds. The number of nitrogen functional groups attached to an aromatic ring is 1. The second-order valence-corrected chi connectivity index (χ2v) is 11.7. The van der Waals surface area contributed by atoms with Crippen LogP contribution in [0.3, 0.4) is 0 Å². The molecule has 0 radical (unpaired) electrons. The molecule has 0 spiro atoms. The zero-order valence-corrected chi connectivity index (χ0v) is 23.6. The van der Waals surface area contributed by atoms with Crippen LogP contribution in [0.4, 0.5) is 5.13 Å². The zero-order chi connectivity index (χ0) is 29.9. The molecule has 3 atom stereocenters. The van der Waals surface area contributed by atoms with Gasteiger partial charge in [-0.1, -0.05) is 5.16 Å². The first-order valence-corrected chi connectivity index (χ1v) is 13.3. The Morgan fingerprint density at radius 3 is 2.42 bits per heavy atom. The third-order valence-electron chi connectivity index (χ3n) is 4.96. The summed E-state index contributed by atoms with van der Waals surface area (Å²) in [5, 5.41) is 14.3. The number of hydrogen-bond acceptors (Lipinski definition) is 15. The molecule has 0 aromatic carbocycles. The number of Topliss-reactive ketones (excluding diaryl/α,β-unsaturated/α-hetero) is 1. The lowest BCUT2D eigenvalue weighted by Gasteiger charge is -2.50. The first-order valence-electron chi connectivity index (χ1n) is 11.6. The summed E-state index contributed by atoms with van der Waals surface area (Å²) in [6.45, 7) is 7.04. The molecule has 4 N–H and O–H groups in total. The van der Waals surface area contributed by atoms with Gasteiger partial charge in [-0.05, 0) is 34.6 Å². The van der Waals surface area contributed by atoms with Gasteiger partial charge < -0.3 is 30.5 Å². The molecule has 0 aliphatic carbocycles. The van der Waals surface area contributed by atoms with Gasteiger partial charge in [0.1, 0.15) is 29.2 Å². The number of ketones is 1. The SMILES string of the molecule is CC(=O)CC(=O)OC1=C(C(=O)O)N2C(=O)C(NC(=O)C(=NOCC(=O)OC(C)(C)C)c3nsc(N)n3)[C@H]2SC1C. The minimum Gasteiger partial charge on any atom is -0.476 e. The number of nitrogens with zero attached hydrogens (tertiary/aromatic N) is 4. The summed E-state index contributed by atoms with van der Waals surface area (Å²) in [7, 11) is 0. The molecular formula is C22H26N6O10S2. The van der Waals surface area contributed by atoms with Crippen LogP contribution in [0.5, 0.6) is 0 Å². The normalized spacial score (nSPS) is 20.7. The maximum absolute atomic E-state index is 13.1. The molecule has 40 heavy (non-hydrogen) atoms. The number of carbonyl (C=O) groups excluding carboxylic acids is 5. The van der Waals surface area contributed by atoms with E-state index in [0.717, 1.165) is 28.2 Å². The third kappa shape index (κ3) is 7.12. The fraction of sp³-hybridized carbons (Fsp3) is 0.500. The predicted molar refractivity (Wildman–Crippen MR) is 138 cm³/mol. The topological polar surface area (TPSA) is 230 Å². The van der Waals surface area contributed by atoms with Gasteiger partial charge in [-0.15, -0.1) is 11.8 Å². The fourth-order valence-corrected chi connectivity index (χ4v) is 5.31. The molecular weight excluding hydrogens is 572 g/mol. The highest BCUT2D eigenvalue weighted by Gasteiger charge is 2.57. The van der Waals surface area contributed by atoms with Crippen LogP contribution in [0.15, 0.2) is 16.6 Å². The number of hydrogen-bond donors (Lipinski definition) is 3. The summed E-state index contributed by atoms with van der Waals surface area (Å²) < 4.78 is 14.2. The number of nitrogens with one attached hydrogen (secondary N) is 1. The zero-order valence-electron chi connectivity index (χ0n) is 22.0. The Balaban J connectivity index is 1.79. The number of aliphatic carboxylic acids is 1. The standard InChI is InChI=1S/C22H26N6O10S2/c1-8(29)6-10(30)37-15-9(2)39-19-13(18(33)28(19)14(15)20(34)35)24-17(32)12(16-25-21(23)40-27-16)26-36-7-11(31)38-22(3,4)5/h9,13,19H,6-7H2,1-5H3,(H,24,32)(H,34,35)(H2,23,25,27)/t9?,13?,19-/m1/s1. The highest BCUT2D eigenvalue weighted by molar-refractivity contribution is 8.00. The second kappa shape index (κ2) is 12.0. The van der Waals surface area contributed by atoms with Crippen molar-refractivity contribution in [2.45, 2.75) is 63.3 Å². The van der Waals surface area contributed by atoms with Crippen LogP contribution in [0.2, 0.25) is 0 Å². The number of oxime groups is 1. The van der Waals surface area contributed by atoms with Crippen molar-refractivity contribution in [3.63, 3.8) is 0 Å². The third-order valence-corrected chi connectivity index (χ3v) is 6.89. The maximum atomic E-state index is 13.1. The van der Waals surface area contributed by atoms with Crippen LogP contribution < -0.4 is 11.1 Å². The quantitative estimate of drug-likeness (QED) is 0.104. The number of esters is 2. The van der Waals surface area contributed by atoms with Crippen molar-refractivity contribution in [1.29, 1.82) is 0 Å². The second-order valence-electron chi connectivity index (χ2n) is 9.46. The molecule has 0 saturated carbocycles. The van der Waals surface area contributed by atoms with Crippen LogP contribution in [0, 0.1) is 0 Å². The van der Waals surface area contributed by atoms with Crippen LogP contribution >= 0.6 is 23.3 Å². The number of carboxylic acid groups (broad SMARTS) is 1. The van der Waals surface area contributed by atoms with Gasteiger partial charge in [0.2, 0.25) is 18.1 Å². The van der Waals surface area contributed by atoms with E-state index in [4.69, 9.17) is 20.0 Å². The lowest BCUT2D eigenvalue weighted by Crippen LogP contribution is -2.71. The number of nitrogens with two attached hydrogens (primary N) is 1. The number of rotatable bonds is 10. The number of carbonyl (C=O) groups is 6. The molecule has 216 valence electrons. The average molecular weight is 599 g/mol. The van der Waals surface area contributed by atoms with Gasteiger partial charge >= 0.3 is 17.9 Å². The van der Waals surface area contributed by atoms with Gasteiger partial charge in [-0.2, -0.15) is 9.36 Å². The Bertz CT molecular complexity index is 1320. The van der Waals surface area contributed by atoms with Gasteiger partial charge in [-0.3, -0.25) is 24.1 Å². The van der Waals surface area contributed by atoms with Gasteiger partial charge in [0.05, 0.1) is 5.25 Å². The van der Waals surface area contributed by atoms with E-state index in [-0.39, 0.29) is 16.7 Å². The molecule has 2 unspecified atom stereocenters. The van der Waals surface area contributed by atoms with Gasteiger partial charge in [0, 0.05) is 11.5 Å². The van der Waals surface area contributed by atoms with E-state index in [0.29, 0.717) is 0 Å². The Morgan fingerprint density at radius 1 is 1.20 bits per heavy atom. The van der Waals surface area contributed by atoms with Crippen LogP contribution in [0.1, 0.15) is 46.9 Å². The smallest absolute Gasteiger partial charge is 0.356 e. The van der Waals surface area contributed by atoms with Crippen molar-refractivity contribution in [2.24, 2.45) is 5.16 Å². The summed E-state index contributed by atoms with van der Waals surface area (Å²) in [5.41, 5.74) is 3.75. The Morgan fingerprint density at radius 2 is 1.88 bits per heavy atom. The Kier molecular flexibility index (Phi) is 9.14. The lowest BCUT2D eigenvalue weighted by molar-refractivity contribution is -0.160. The predicted octanol–water partition coefficient (Wildman–Crippen LogP) is -0.210. The van der Waals surface area contributed by atoms with Crippen molar-refractivity contribution in [3.8, 4) is 0 Å². The van der Waals surface area contributed by atoms with Crippen molar-refractivity contribution in [2.75, 3.05) is 12.3 Å². The van der Waals surface area contributed by atoms with E-state index in [1.165, 1.54) is 6.92 Å². The largest absolute Gasteiger partial charge is 0.476 e. The number of fused-ring (bicyclic) bond motifs is 1. The monoisotopic (exact) mass is 598 g/mol. The number of ether oxygens (including phenoxy) is 2. The van der Waals surface area contributed by atoms with Gasteiger partial charge in [0.25, 0.3) is 11.8 Å². The number of amides is 2. The van der Waals surface area contributed by atoms with Crippen molar-refractivity contribution in [3.05, 3.63) is 17.3 Å². The minimum atomic E-state index is -1.54. The molecule has 0 bridgehead atoms. The molecule has 3 rings (SSSR count). The van der Waals surface area contributed by atoms with Crippen LogP contribution in [0.25, 0.3) is 0 Å². The van der Waals surface area contributed by atoms with E-state index in [2.05, 4.69) is 19.8 Å². The molecule has 2 aliphatic heterocycles. The highest BCUT2D eigenvalue weighted by Crippen LogP contribution is 2.44. The van der Waals surface area contributed by atoms with Crippen LogP contribution in [-0.4, -0.2) is 89.5 Å². The minimum absolute atomic E-state index is 0.00767. The summed E-state index contributed by atoms with van der Waals surface area (Å²) in [6, 6.07) is -1.21. The number of aromatic nitrogens is 2. The summed E-state index contributed by atoms with van der Waals surface area (Å²) in [4.78, 5) is 83.1. The molecule has 18 heteroatoms. The van der Waals surface area contributed by atoms with E-state index < -0.39 is 82.2 Å². The first kappa shape index (κ1) is 30.5. The van der Waals surface area contributed by atoms with Crippen molar-refractivity contribution >= 4 is 69.6 Å². The molecule has 3 heterocycles. The van der Waals surface area contributed by atoms with Crippen molar-refractivity contribution < 1.29 is 48.2 Å². The van der Waals surface area contributed by atoms with E-state index in [1.54, 1.807) is 27.7 Å². The van der Waals surface area contributed by atoms with Crippen LogP contribution in [-0.2, 0) is 43.1 Å². The van der Waals surface area contributed by atoms with Gasteiger partial charge in [-0.25, -0.2) is 9.59 Å². The van der Waals surface area contributed by atoms with E-state index >= 15 is 0 Å². The average Bonchev–Trinajstić information content (AvgIpc) is 3.24. The Labute approximate surface area is 235 Å². The molecule has 16 nitrogen and oxygen atoms in total. The number of thioether (sulfide) groups is 1. The first-order chi connectivity index (χ1) is 18.6. The molecule has 1 aromatic rings. The maximum Gasteiger partial charge on any atom is 0.356 e. The molecule has 1 saturated heterocycles. The fourth-order valence-electron chi connectivity index (χ4n) is 3.50. The lowest BCUT2D eigenvalue weighted by atomic mass is 10.0. The summed E-state index contributed by atoms with van der Waals surface area (Å²) in [6.07, 6.45) is -0.572. The number of anilines is 1. The van der Waals surface area contributed by atoms with E-state index in [1.807, 2.05) is 0 Å². The molecule has 2 aliphatic rings. The highest BCUT2D eigenvalue weighted by atomic mass is 32.2. The summed E-state index contributed by atoms with van der Waals surface area (Å²) in [5.74, 6) is -6.05.